The highest BCUT2D eigenvalue weighted by molar-refractivity contribution is 7.13. The number of hydrogen-bond donors (Lipinski definition) is 1. The van der Waals surface area contributed by atoms with E-state index in [2.05, 4.69) is 187 Å². The van der Waals surface area contributed by atoms with Crippen LogP contribution in [0.4, 0.5) is 5.69 Å². The molecule has 1 N–H and O–H groups in total. The van der Waals surface area contributed by atoms with Gasteiger partial charge in [-0.3, -0.25) is 0 Å². The van der Waals surface area contributed by atoms with Crippen molar-refractivity contribution in [1.29, 1.82) is 0 Å². The molecule has 0 atom stereocenters. The van der Waals surface area contributed by atoms with Crippen LogP contribution in [0.1, 0.15) is 11.1 Å². The standard InChI is InChI=1S/C37H31NSi/c1-7-19-31(20-8-1)37(32-21-9-2-10-22-32,38-33-23-11-3-12-24-33)39(34-25-13-4-14-26-34,35-27-15-5-16-28-35)36-29-17-6-18-30-36/h1-30,38H. The molecule has 0 spiro atoms. The Bertz CT molecular complexity index is 1450. The second kappa shape index (κ2) is 11.0. The molecule has 6 aromatic carbocycles. The molecule has 0 saturated carbocycles. The van der Waals surface area contributed by atoms with E-state index in [1.165, 1.54) is 26.7 Å². The Morgan fingerprint density at radius 2 is 0.615 bits per heavy atom. The summed E-state index contributed by atoms with van der Waals surface area (Å²) >= 11 is 0. The molecule has 0 heterocycles. The number of hydrogen-bond acceptors (Lipinski definition) is 1. The molecule has 0 unspecified atom stereocenters. The van der Waals surface area contributed by atoms with Gasteiger partial charge in [0.15, 0.2) is 8.07 Å². The number of nitrogens with one attached hydrogen (secondary N) is 1. The zero-order valence-corrected chi connectivity index (χ0v) is 22.8. The lowest BCUT2D eigenvalue weighted by molar-refractivity contribution is 0.810. The number of anilines is 1. The first-order chi connectivity index (χ1) is 19.4. The van der Waals surface area contributed by atoms with E-state index < -0.39 is 13.2 Å². The van der Waals surface area contributed by atoms with Crippen LogP contribution in [-0.2, 0) is 5.16 Å². The van der Waals surface area contributed by atoms with Crippen LogP contribution in [-0.4, -0.2) is 8.07 Å². The summed E-state index contributed by atoms with van der Waals surface area (Å²) in [6.07, 6.45) is 0. The van der Waals surface area contributed by atoms with Gasteiger partial charge in [0.25, 0.3) is 0 Å². The topological polar surface area (TPSA) is 12.0 Å². The largest absolute Gasteiger partial charge is 0.373 e. The SMILES string of the molecule is c1ccc(NC(c2ccccc2)(c2ccccc2)[Si](c2ccccc2)(c2ccccc2)c2ccccc2)cc1. The highest BCUT2D eigenvalue weighted by Crippen LogP contribution is 2.41. The van der Waals surface area contributed by atoms with Crippen molar-refractivity contribution in [2.75, 3.05) is 5.32 Å². The Labute approximate surface area is 232 Å². The third-order valence-electron chi connectivity index (χ3n) is 7.70. The van der Waals surface area contributed by atoms with E-state index in [1.807, 2.05) is 0 Å². The van der Waals surface area contributed by atoms with Crippen LogP contribution in [0.5, 0.6) is 0 Å². The minimum absolute atomic E-state index is 0.596. The predicted molar refractivity (Wildman–Crippen MR) is 168 cm³/mol. The monoisotopic (exact) mass is 517 g/mol. The van der Waals surface area contributed by atoms with Crippen molar-refractivity contribution in [3.63, 3.8) is 0 Å². The molecule has 1 nitrogen and oxygen atoms in total. The van der Waals surface area contributed by atoms with Crippen molar-refractivity contribution < 1.29 is 0 Å². The average Bonchev–Trinajstić information content (AvgIpc) is 3.04. The van der Waals surface area contributed by atoms with E-state index in [4.69, 9.17) is 0 Å². The van der Waals surface area contributed by atoms with E-state index >= 15 is 0 Å². The maximum Gasteiger partial charge on any atom is 0.186 e. The molecule has 2 heteroatoms. The zero-order valence-electron chi connectivity index (χ0n) is 21.8. The summed E-state index contributed by atoms with van der Waals surface area (Å²) in [6.45, 7) is 0. The normalized spacial score (nSPS) is 11.6. The van der Waals surface area contributed by atoms with Gasteiger partial charge in [0.2, 0.25) is 0 Å². The highest BCUT2D eigenvalue weighted by atomic mass is 28.3. The lowest BCUT2D eigenvalue weighted by Gasteiger charge is -2.52. The van der Waals surface area contributed by atoms with Crippen LogP contribution in [0.2, 0.25) is 0 Å². The molecule has 0 bridgehead atoms. The number of rotatable bonds is 8. The van der Waals surface area contributed by atoms with Crippen LogP contribution >= 0.6 is 0 Å². The molecule has 39 heavy (non-hydrogen) atoms. The second-order valence-electron chi connectivity index (χ2n) is 9.82. The van der Waals surface area contributed by atoms with Crippen LogP contribution < -0.4 is 20.9 Å². The molecule has 6 aromatic rings. The van der Waals surface area contributed by atoms with E-state index in [0.29, 0.717) is 0 Å². The van der Waals surface area contributed by atoms with Gasteiger partial charge in [-0.1, -0.05) is 170 Å². The molecular weight excluding hydrogens is 487 g/mol. The lowest BCUT2D eigenvalue weighted by Crippen LogP contribution is -2.80. The van der Waals surface area contributed by atoms with Crippen molar-refractivity contribution in [2.45, 2.75) is 5.16 Å². The maximum absolute atomic E-state index is 4.22. The van der Waals surface area contributed by atoms with Gasteiger partial charge in [0, 0.05) is 5.69 Å². The van der Waals surface area contributed by atoms with Crippen LogP contribution in [0.15, 0.2) is 182 Å². The molecular formula is C37H31NSi. The van der Waals surface area contributed by atoms with Crippen molar-refractivity contribution in [1.82, 2.24) is 0 Å². The molecule has 0 amide bonds. The molecule has 188 valence electrons. The van der Waals surface area contributed by atoms with Crippen molar-refractivity contribution in [2.24, 2.45) is 0 Å². The Kier molecular flexibility index (Phi) is 6.95. The first kappa shape index (κ1) is 24.7. The average molecular weight is 518 g/mol. The molecule has 0 aliphatic carbocycles. The Morgan fingerprint density at radius 3 is 0.949 bits per heavy atom. The van der Waals surface area contributed by atoms with Crippen LogP contribution in [0.3, 0.4) is 0 Å². The molecule has 0 aliphatic heterocycles. The fraction of sp³-hybridized carbons (Fsp3) is 0.0270. The van der Waals surface area contributed by atoms with Gasteiger partial charge in [-0.05, 0) is 38.8 Å². The first-order valence-electron chi connectivity index (χ1n) is 13.5. The van der Waals surface area contributed by atoms with Crippen LogP contribution in [0.25, 0.3) is 0 Å². The summed E-state index contributed by atoms with van der Waals surface area (Å²) in [7, 11) is -2.98. The summed E-state index contributed by atoms with van der Waals surface area (Å²) < 4.78 is 0. The van der Waals surface area contributed by atoms with E-state index in [0.717, 1.165) is 5.69 Å². The van der Waals surface area contributed by atoms with Gasteiger partial charge in [0.05, 0.1) is 5.16 Å². The highest BCUT2D eigenvalue weighted by Gasteiger charge is 2.59. The van der Waals surface area contributed by atoms with Crippen LogP contribution in [0, 0.1) is 0 Å². The van der Waals surface area contributed by atoms with Crippen molar-refractivity contribution in [3.05, 3.63) is 193 Å². The summed E-state index contributed by atoms with van der Waals surface area (Å²) in [5.74, 6) is 0. The predicted octanol–water partition coefficient (Wildman–Crippen LogP) is 6.75. The fourth-order valence-corrected chi connectivity index (χ4v) is 12.1. The molecule has 6 rings (SSSR count). The lowest BCUT2D eigenvalue weighted by atomic mass is 9.97. The third kappa shape index (κ3) is 4.29. The molecule has 0 aromatic heterocycles. The fourth-order valence-electron chi connectivity index (χ4n) is 6.17. The van der Waals surface area contributed by atoms with Gasteiger partial charge in [-0.25, -0.2) is 0 Å². The molecule has 0 aliphatic rings. The summed E-state index contributed by atoms with van der Waals surface area (Å²) in [4.78, 5) is 0. The molecule has 0 fully saturated rings. The van der Waals surface area contributed by atoms with E-state index in [1.54, 1.807) is 0 Å². The van der Waals surface area contributed by atoms with Gasteiger partial charge in [0.1, 0.15) is 0 Å². The third-order valence-corrected chi connectivity index (χ3v) is 13.1. The number of para-hydroxylation sites is 1. The van der Waals surface area contributed by atoms with E-state index in [9.17, 15) is 0 Å². The maximum atomic E-state index is 4.22. The van der Waals surface area contributed by atoms with E-state index in [-0.39, 0.29) is 0 Å². The van der Waals surface area contributed by atoms with Gasteiger partial charge in [-0.2, -0.15) is 0 Å². The Morgan fingerprint density at radius 1 is 0.333 bits per heavy atom. The molecule has 0 radical (unpaired) electrons. The first-order valence-corrected chi connectivity index (χ1v) is 15.5. The quantitative estimate of drug-likeness (QED) is 0.174. The Balaban J connectivity index is 1.87. The minimum atomic E-state index is -2.98. The second-order valence-corrected chi connectivity index (χ2v) is 13.8. The zero-order chi connectivity index (χ0) is 26.4. The van der Waals surface area contributed by atoms with Gasteiger partial charge in [-0.15, -0.1) is 0 Å². The summed E-state index contributed by atoms with van der Waals surface area (Å²) in [6, 6.07) is 66.2. The molecule has 0 saturated heterocycles. The minimum Gasteiger partial charge on any atom is -0.373 e. The smallest absolute Gasteiger partial charge is 0.186 e. The van der Waals surface area contributed by atoms with Crippen molar-refractivity contribution >= 4 is 29.3 Å². The summed E-state index contributed by atoms with van der Waals surface area (Å²) in [5, 5.41) is 7.66. The van der Waals surface area contributed by atoms with Gasteiger partial charge >= 0.3 is 0 Å². The van der Waals surface area contributed by atoms with Crippen molar-refractivity contribution in [3.8, 4) is 0 Å². The van der Waals surface area contributed by atoms with Gasteiger partial charge < -0.3 is 5.32 Å². The summed E-state index contributed by atoms with van der Waals surface area (Å²) in [5.41, 5.74) is 3.57. The number of benzene rings is 6. The Hall–Kier alpha value is -4.66.